The number of benzene rings is 1. The van der Waals surface area contributed by atoms with Crippen molar-refractivity contribution in [1.29, 1.82) is 0 Å². The fourth-order valence-electron chi connectivity index (χ4n) is 2.79. The molecule has 0 spiro atoms. The number of hydrogen-bond donors (Lipinski definition) is 1. The number of non-ortho nitro benzene ring substituents is 1. The van der Waals surface area contributed by atoms with E-state index in [-0.39, 0.29) is 10.6 Å². The van der Waals surface area contributed by atoms with Crippen molar-refractivity contribution in [2.45, 2.75) is 37.8 Å². The average molecular weight is 263 g/mol. The lowest BCUT2D eigenvalue weighted by Gasteiger charge is -2.35. The fraction of sp³-hybridized carbons (Fsp3) is 0.571. The molecule has 1 aliphatic carbocycles. The lowest BCUT2D eigenvalue weighted by Crippen LogP contribution is -2.39. The van der Waals surface area contributed by atoms with Gasteiger partial charge in [0.15, 0.2) is 0 Å². The summed E-state index contributed by atoms with van der Waals surface area (Å²) in [6.07, 6.45) is 4.59. The number of nitro benzene ring substituents is 1. The molecule has 5 heteroatoms. The van der Waals surface area contributed by atoms with Crippen LogP contribution >= 0.6 is 0 Å². The molecule has 5 nitrogen and oxygen atoms in total. The third-order valence-electron chi connectivity index (χ3n) is 4.10. The molecule has 0 heterocycles. The average Bonchev–Trinajstić information content (AvgIpc) is 2.46. The van der Waals surface area contributed by atoms with Crippen LogP contribution in [0.25, 0.3) is 0 Å². The van der Waals surface area contributed by atoms with Crippen molar-refractivity contribution in [2.24, 2.45) is 0 Å². The standard InChI is InChI=1S/C14H21N3O2/c1-15-11-6-8-12(9-7-11)16(2)13-4-3-5-14(10-13)17(18)19/h3-5,10-12,15H,6-9H2,1-2H3. The predicted molar refractivity (Wildman–Crippen MR) is 76.6 cm³/mol. The molecule has 1 aromatic carbocycles. The van der Waals surface area contributed by atoms with Gasteiger partial charge in [0, 0.05) is 37.0 Å². The highest BCUT2D eigenvalue weighted by Gasteiger charge is 2.23. The maximum atomic E-state index is 10.8. The Hall–Kier alpha value is -1.62. The summed E-state index contributed by atoms with van der Waals surface area (Å²) >= 11 is 0. The molecule has 104 valence electrons. The Labute approximate surface area is 113 Å². The number of nitro groups is 1. The molecule has 0 radical (unpaired) electrons. The first-order valence-electron chi connectivity index (χ1n) is 6.76. The molecule has 1 aromatic rings. The van der Waals surface area contributed by atoms with E-state index in [1.807, 2.05) is 20.2 Å². The van der Waals surface area contributed by atoms with Gasteiger partial charge in [-0.1, -0.05) is 6.07 Å². The largest absolute Gasteiger partial charge is 0.371 e. The zero-order valence-corrected chi connectivity index (χ0v) is 11.5. The molecule has 0 bridgehead atoms. The molecule has 0 unspecified atom stereocenters. The Morgan fingerprint density at radius 1 is 1.32 bits per heavy atom. The Balaban J connectivity index is 2.05. The summed E-state index contributed by atoms with van der Waals surface area (Å²) < 4.78 is 0. The first-order valence-corrected chi connectivity index (χ1v) is 6.76. The highest BCUT2D eigenvalue weighted by atomic mass is 16.6. The van der Waals surface area contributed by atoms with Crippen molar-refractivity contribution in [2.75, 3.05) is 19.0 Å². The van der Waals surface area contributed by atoms with Crippen LogP contribution in [0, 0.1) is 10.1 Å². The van der Waals surface area contributed by atoms with Crippen molar-refractivity contribution >= 4 is 11.4 Å². The first kappa shape index (κ1) is 13.8. The van der Waals surface area contributed by atoms with Crippen LogP contribution in [0.15, 0.2) is 24.3 Å². The van der Waals surface area contributed by atoms with Crippen molar-refractivity contribution in [3.8, 4) is 0 Å². The summed E-state index contributed by atoms with van der Waals surface area (Å²) in [6, 6.07) is 7.99. The smallest absolute Gasteiger partial charge is 0.271 e. The summed E-state index contributed by atoms with van der Waals surface area (Å²) in [6.45, 7) is 0. The van der Waals surface area contributed by atoms with Gasteiger partial charge in [0.1, 0.15) is 0 Å². The van der Waals surface area contributed by atoms with E-state index in [1.165, 1.54) is 18.9 Å². The zero-order valence-electron chi connectivity index (χ0n) is 11.5. The van der Waals surface area contributed by atoms with Crippen LogP contribution < -0.4 is 10.2 Å². The summed E-state index contributed by atoms with van der Waals surface area (Å²) in [5.74, 6) is 0. The molecule has 0 saturated heterocycles. The molecule has 2 rings (SSSR count). The maximum Gasteiger partial charge on any atom is 0.271 e. The quantitative estimate of drug-likeness (QED) is 0.670. The van der Waals surface area contributed by atoms with Crippen LogP contribution in [0.3, 0.4) is 0 Å². The van der Waals surface area contributed by atoms with E-state index in [0.717, 1.165) is 18.5 Å². The number of nitrogens with zero attached hydrogens (tertiary/aromatic N) is 2. The molecule has 0 aromatic heterocycles. The third-order valence-corrected chi connectivity index (χ3v) is 4.10. The Morgan fingerprint density at radius 2 is 2.00 bits per heavy atom. The van der Waals surface area contributed by atoms with Crippen LogP contribution in [0.1, 0.15) is 25.7 Å². The molecule has 1 N–H and O–H groups in total. The zero-order chi connectivity index (χ0) is 13.8. The van der Waals surface area contributed by atoms with Gasteiger partial charge in [0.25, 0.3) is 5.69 Å². The predicted octanol–water partition coefficient (Wildman–Crippen LogP) is 2.56. The molecule has 1 saturated carbocycles. The van der Waals surface area contributed by atoms with Crippen LogP contribution in [0.5, 0.6) is 0 Å². The van der Waals surface area contributed by atoms with E-state index in [0.29, 0.717) is 12.1 Å². The molecule has 0 atom stereocenters. The number of anilines is 1. The molecular formula is C14H21N3O2. The second-order valence-electron chi connectivity index (χ2n) is 5.18. The van der Waals surface area contributed by atoms with Crippen LogP contribution in [-0.2, 0) is 0 Å². The van der Waals surface area contributed by atoms with E-state index in [2.05, 4.69) is 10.2 Å². The molecule has 1 fully saturated rings. The van der Waals surface area contributed by atoms with Crippen molar-refractivity contribution in [3.05, 3.63) is 34.4 Å². The molecule has 1 aliphatic rings. The maximum absolute atomic E-state index is 10.8. The molecule has 0 amide bonds. The Bertz CT molecular complexity index is 442. The minimum absolute atomic E-state index is 0.160. The van der Waals surface area contributed by atoms with Crippen LogP contribution in [0.2, 0.25) is 0 Å². The first-order chi connectivity index (χ1) is 9.11. The monoisotopic (exact) mass is 263 g/mol. The SMILES string of the molecule is CNC1CCC(N(C)c2cccc([N+](=O)[O-])c2)CC1. The van der Waals surface area contributed by atoms with Gasteiger partial charge >= 0.3 is 0 Å². The summed E-state index contributed by atoms with van der Waals surface area (Å²) in [7, 11) is 4.04. The van der Waals surface area contributed by atoms with Gasteiger partial charge in [-0.2, -0.15) is 0 Å². The minimum atomic E-state index is -0.338. The summed E-state index contributed by atoms with van der Waals surface area (Å²) in [5, 5.41) is 14.1. The highest BCUT2D eigenvalue weighted by Crippen LogP contribution is 2.28. The van der Waals surface area contributed by atoms with Gasteiger partial charge in [0.05, 0.1) is 4.92 Å². The highest BCUT2D eigenvalue weighted by molar-refractivity contribution is 5.53. The second-order valence-corrected chi connectivity index (χ2v) is 5.18. The van der Waals surface area contributed by atoms with Gasteiger partial charge in [-0.25, -0.2) is 0 Å². The number of rotatable bonds is 4. The molecule has 19 heavy (non-hydrogen) atoms. The van der Waals surface area contributed by atoms with Crippen LogP contribution in [0.4, 0.5) is 11.4 Å². The topological polar surface area (TPSA) is 58.4 Å². The van der Waals surface area contributed by atoms with E-state index < -0.39 is 0 Å². The Morgan fingerprint density at radius 3 is 2.58 bits per heavy atom. The third kappa shape index (κ3) is 3.23. The summed E-state index contributed by atoms with van der Waals surface area (Å²) in [5.41, 5.74) is 1.09. The van der Waals surface area contributed by atoms with Gasteiger partial charge in [-0.05, 0) is 38.8 Å². The fourth-order valence-corrected chi connectivity index (χ4v) is 2.79. The Kier molecular flexibility index (Phi) is 4.37. The van der Waals surface area contributed by atoms with Crippen molar-refractivity contribution < 1.29 is 4.92 Å². The van der Waals surface area contributed by atoms with Crippen LogP contribution in [-0.4, -0.2) is 31.1 Å². The van der Waals surface area contributed by atoms with Crippen molar-refractivity contribution in [1.82, 2.24) is 5.32 Å². The molecule has 0 aliphatic heterocycles. The molecular weight excluding hydrogens is 242 g/mol. The summed E-state index contributed by atoms with van der Waals surface area (Å²) in [4.78, 5) is 12.7. The lowest BCUT2D eigenvalue weighted by atomic mass is 9.90. The normalized spacial score (nSPS) is 23.1. The number of hydrogen-bond acceptors (Lipinski definition) is 4. The lowest BCUT2D eigenvalue weighted by molar-refractivity contribution is -0.384. The van der Waals surface area contributed by atoms with E-state index >= 15 is 0 Å². The minimum Gasteiger partial charge on any atom is -0.371 e. The van der Waals surface area contributed by atoms with Gasteiger partial charge in [-0.3, -0.25) is 10.1 Å². The van der Waals surface area contributed by atoms with Crippen molar-refractivity contribution in [3.63, 3.8) is 0 Å². The number of nitrogens with one attached hydrogen (secondary N) is 1. The van der Waals surface area contributed by atoms with E-state index in [4.69, 9.17) is 0 Å². The van der Waals surface area contributed by atoms with Gasteiger partial charge in [-0.15, -0.1) is 0 Å². The van der Waals surface area contributed by atoms with E-state index in [9.17, 15) is 10.1 Å². The van der Waals surface area contributed by atoms with E-state index in [1.54, 1.807) is 12.1 Å². The second kappa shape index (κ2) is 6.02. The van der Waals surface area contributed by atoms with Gasteiger partial charge < -0.3 is 10.2 Å². The van der Waals surface area contributed by atoms with Gasteiger partial charge in [0.2, 0.25) is 0 Å².